The number of carboxylic acids is 1. The summed E-state index contributed by atoms with van der Waals surface area (Å²) in [7, 11) is 0. The maximum Gasteiger partial charge on any atom is 0.411 e. The van der Waals surface area contributed by atoms with Crippen molar-refractivity contribution in [3.05, 3.63) is 0 Å². The van der Waals surface area contributed by atoms with Crippen LogP contribution in [0.25, 0.3) is 0 Å². The number of alkyl halides is 3. The highest BCUT2D eigenvalue weighted by Crippen LogP contribution is 2.13. The lowest BCUT2D eigenvalue weighted by Crippen LogP contribution is -2.24. The van der Waals surface area contributed by atoms with E-state index in [1.165, 1.54) is 0 Å². The van der Waals surface area contributed by atoms with E-state index in [0.717, 1.165) is 0 Å². The van der Waals surface area contributed by atoms with Gasteiger partial charge in [-0.15, -0.1) is 0 Å². The Labute approximate surface area is 85.4 Å². The van der Waals surface area contributed by atoms with Crippen LogP contribution in [0.15, 0.2) is 0 Å². The molecule has 0 aliphatic carbocycles. The third-order valence-corrected chi connectivity index (χ3v) is 1.43. The predicted molar refractivity (Wildman–Crippen MR) is 46.6 cm³/mol. The molecule has 0 unspecified atom stereocenters. The van der Waals surface area contributed by atoms with E-state index in [2.05, 4.69) is 10.1 Å². The normalized spacial score (nSPS) is 11.7. The van der Waals surface area contributed by atoms with Crippen molar-refractivity contribution in [1.29, 1.82) is 0 Å². The van der Waals surface area contributed by atoms with Crippen molar-refractivity contribution in [2.24, 2.45) is 0 Å². The topological polar surface area (TPSA) is 58.6 Å². The first-order valence-electron chi connectivity index (χ1n) is 4.49. The molecule has 15 heavy (non-hydrogen) atoms. The van der Waals surface area contributed by atoms with E-state index in [1.807, 2.05) is 0 Å². The Kier molecular flexibility index (Phi) is 7.06. The van der Waals surface area contributed by atoms with Crippen LogP contribution < -0.4 is 5.32 Å². The van der Waals surface area contributed by atoms with Crippen LogP contribution in [0.3, 0.4) is 0 Å². The van der Waals surface area contributed by atoms with Crippen LogP contribution >= 0.6 is 0 Å². The molecule has 0 saturated heterocycles. The number of carbonyl (C=O) groups is 1. The number of nitrogens with one attached hydrogen (secondary N) is 1. The van der Waals surface area contributed by atoms with Crippen LogP contribution in [0.5, 0.6) is 0 Å². The molecule has 0 atom stereocenters. The third-order valence-electron chi connectivity index (χ3n) is 1.43. The van der Waals surface area contributed by atoms with Gasteiger partial charge in [0.05, 0.1) is 6.61 Å². The molecule has 0 aromatic heterocycles. The van der Waals surface area contributed by atoms with Gasteiger partial charge >= 0.3 is 12.1 Å². The first kappa shape index (κ1) is 14.2. The van der Waals surface area contributed by atoms with E-state index in [4.69, 9.17) is 5.11 Å². The zero-order chi connectivity index (χ0) is 11.7. The number of ether oxygens (including phenoxy) is 1. The van der Waals surface area contributed by atoms with Crippen LogP contribution in [0, 0.1) is 0 Å². The molecule has 0 saturated carbocycles. The lowest BCUT2D eigenvalue weighted by atomic mass is 10.3. The lowest BCUT2D eigenvalue weighted by molar-refractivity contribution is -0.173. The molecule has 0 amide bonds. The van der Waals surface area contributed by atoms with Crippen LogP contribution in [0.2, 0.25) is 0 Å². The molecule has 0 bridgehead atoms. The number of hydrogen-bond donors (Lipinski definition) is 2. The van der Waals surface area contributed by atoms with Gasteiger partial charge in [-0.2, -0.15) is 13.2 Å². The second kappa shape index (κ2) is 7.47. The fourth-order valence-corrected chi connectivity index (χ4v) is 0.822. The van der Waals surface area contributed by atoms with Gasteiger partial charge in [0.25, 0.3) is 0 Å². The number of aliphatic carboxylic acids is 1. The highest BCUT2D eigenvalue weighted by molar-refractivity contribution is 5.66. The molecule has 0 spiro atoms. The molecule has 4 nitrogen and oxygen atoms in total. The molecule has 0 fully saturated rings. The third kappa shape index (κ3) is 13.2. The van der Waals surface area contributed by atoms with E-state index in [0.29, 0.717) is 13.0 Å². The van der Waals surface area contributed by atoms with Crippen molar-refractivity contribution >= 4 is 5.97 Å². The van der Waals surface area contributed by atoms with E-state index in [9.17, 15) is 18.0 Å². The minimum atomic E-state index is -4.29. The molecule has 0 heterocycles. The van der Waals surface area contributed by atoms with Gasteiger partial charge < -0.3 is 15.2 Å². The summed E-state index contributed by atoms with van der Waals surface area (Å²) in [5.74, 6) is -0.884. The molecule has 0 rings (SSSR count). The van der Waals surface area contributed by atoms with Crippen molar-refractivity contribution < 1.29 is 27.8 Å². The van der Waals surface area contributed by atoms with Gasteiger partial charge in [-0.3, -0.25) is 4.79 Å². The lowest BCUT2D eigenvalue weighted by Gasteiger charge is -2.07. The number of hydrogen-bond acceptors (Lipinski definition) is 3. The minimum absolute atomic E-state index is 0.0351. The highest BCUT2D eigenvalue weighted by atomic mass is 19.4. The van der Waals surface area contributed by atoms with Gasteiger partial charge in [0, 0.05) is 13.0 Å². The average molecular weight is 229 g/mol. The maximum absolute atomic E-state index is 11.6. The first-order valence-corrected chi connectivity index (χ1v) is 4.49. The number of carboxylic acid groups (broad SMARTS) is 1. The fourth-order valence-electron chi connectivity index (χ4n) is 0.822. The average Bonchev–Trinajstić information content (AvgIpc) is 2.07. The smallest absolute Gasteiger partial charge is 0.411 e. The molecule has 7 heteroatoms. The number of halogens is 3. The zero-order valence-corrected chi connectivity index (χ0v) is 8.14. The summed E-state index contributed by atoms with van der Waals surface area (Å²) in [6.07, 6.45) is -3.78. The van der Waals surface area contributed by atoms with Crippen molar-refractivity contribution in [2.75, 3.05) is 26.3 Å². The summed E-state index contributed by atoms with van der Waals surface area (Å²) in [6, 6.07) is 0. The van der Waals surface area contributed by atoms with Gasteiger partial charge in [-0.05, 0) is 13.0 Å². The molecule has 0 aromatic rings. The van der Waals surface area contributed by atoms with Crippen molar-refractivity contribution in [3.8, 4) is 0 Å². The van der Waals surface area contributed by atoms with E-state index in [1.54, 1.807) is 0 Å². The molecular weight excluding hydrogens is 215 g/mol. The van der Waals surface area contributed by atoms with Gasteiger partial charge in [0.2, 0.25) is 0 Å². The van der Waals surface area contributed by atoms with Gasteiger partial charge in [-0.25, -0.2) is 0 Å². The predicted octanol–water partition coefficient (Wildman–Crippen LogP) is 1.02. The van der Waals surface area contributed by atoms with Gasteiger partial charge in [0.1, 0.15) is 6.61 Å². The molecule has 0 aromatic carbocycles. The van der Waals surface area contributed by atoms with Crippen LogP contribution in [-0.4, -0.2) is 43.6 Å². The van der Waals surface area contributed by atoms with Crippen LogP contribution in [0.4, 0.5) is 13.2 Å². The van der Waals surface area contributed by atoms with Crippen molar-refractivity contribution in [1.82, 2.24) is 5.32 Å². The maximum atomic E-state index is 11.6. The SMILES string of the molecule is O=C(O)CCCNCCOCC(F)(F)F. The number of rotatable bonds is 8. The largest absolute Gasteiger partial charge is 0.481 e. The summed E-state index contributed by atoms with van der Waals surface area (Å²) < 4.78 is 39.0. The zero-order valence-electron chi connectivity index (χ0n) is 8.14. The van der Waals surface area contributed by atoms with Gasteiger partial charge in [-0.1, -0.05) is 0 Å². The van der Waals surface area contributed by atoms with Crippen molar-refractivity contribution in [2.45, 2.75) is 19.0 Å². The Morgan fingerprint density at radius 3 is 2.53 bits per heavy atom. The fraction of sp³-hybridized carbons (Fsp3) is 0.875. The Hall–Kier alpha value is -0.820. The Morgan fingerprint density at radius 1 is 1.33 bits per heavy atom. The second-order valence-electron chi connectivity index (χ2n) is 2.92. The highest BCUT2D eigenvalue weighted by Gasteiger charge is 2.27. The molecule has 0 aliphatic heterocycles. The van der Waals surface area contributed by atoms with Crippen LogP contribution in [0.1, 0.15) is 12.8 Å². The molecule has 0 radical (unpaired) electrons. The quantitative estimate of drug-likeness (QED) is 0.610. The monoisotopic (exact) mass is 229 g/mol. The summed E-state index contributed by atoms with van der Waals surface area (Å²) in [5, 5.41) is 11.0. The van der Waals surface area contributed by atoms with Crippen molar-refractivity contribution in [3.63, 3.8) is 0 Å². The van der Waals surface area contributed by atoms with Gasteiger partial charge in [0.15, 0.2) is 0 Å². The summed E-state index contributed by atoms with van der Waals surface area (Å²) in [6.45, 7) is -0.534. The van der Waals surface area contributed by atoms with Crippen LogP contribution in [-0.2, 0) is 9.53 Å². The summed E-state index contributed by atoms with van der Waals surface area (Å²) in [4.78, 5) is 10.1. The molecule has 0 aliphatic rings. The first-order chi connectivity index (χ1) is 6.92. The Balaban J connectivity index is 3.09. The summed E-state index contributed by atoms with van der Waals surface area (Å²) in [5.41, 5.74) is 0. The van der Waals surface area contributed by atoms with E-state index < -0.39 is 18.8 Å². The standard InChI is InChI=1S/C8H14F3NO3/c9-8(10,11)6-15-5-4-12-3-1-2-7(13)14/h12H,1-6H2,(H,13,14). The van der Waals surface area contributed by atoms with E-state index in [-0.39, 0.29) is 19.6 Å². The minimum Gasteiger partial charge on any atom is -0.481 e. The molecular formula is C8H14F3NO3. The van der Waals surface area contributed by atoms with E-state index >= 15 is 0 Å². The Morgan fingerprint density at radius 2 is 2.00 bits per heavy atom. The molecule has 90 valence electrons. The summed E-state index contributed by atoms with van der Waals surface area (Å²) >= 11 is 0. The second-order valence-corrected chi connectivity index (χ2v) is 2.92. The molecule has 2 N–H and O–H groups in total. The Bertz CT molecular complexity index is 184.